The number of benzene rings is 1. The number of rotatable bonds is 6. The van der Waals surface area contributed by atoms with Crippen LogP contribution in [0.25, 0.3) is 0 Å². The molecule has 0 amide bonds. The Balaban J connectivity index is 1.56. The minimum Gasteiger partial charge on any atom is -0.381 e. The van der Waals surface area contributed by atoms with Gasteiger partial charge in [-0.2, -0.15) is 0 Å². The van der Waals surface area contributed by atoms with Crippen molar-refractivity contribution < 1.29 is 4.74 Å². The molecular formula is C21H30N4OS. The van der Waals surface area contributed by atoms with Crippen LogP contribution >= 0.6 is 11.3 Å². The Bertz CT molecular complexity index is 731. The van der Waals surface area contributed by atoms with Crippen molar-refractivity contribution in [2.75, 3.05) is 33.4 Å². The first-order valence-electron chi connectivity index (χ1n) is 9.64. The molecule has 0 saturated carbocycles. The Morgan fingerprint density at radius 1 is 1.19 bits per heavy atom. The van der Waals surface area contributed by atoms with E-state index in [2.05, 4.69) is 64.8 Å². The lowest BCUT2D eigenvalue weighted by atomic mass is 9.74. The molecule has 1 fully saturated rings. The molecule has 2 N–H and O–H groups in total. The first-order valence-corrected chi connectivity index (χ1v) is 10.5. The smallest absolute Gasteiger partial charge is 0.191 e. The van der Waals surface area contributed by atoms with Gasteiger partial charge < -0.3 is 15.4 Å². The van der Waals surface area contributed by atoms with E-state index >= 15 is 0 Å². The quantitative estimate of drug-likeness (QED) is 0.591. The summed E-state index contributed by atoms with van der Waals surface area (Å²) in [5, 5.41) is 8.16. The molecule has 5 nitrogen and oxygen atoms in total. The van der Waals surface area contributed by atoms with Gasteiger partial charge in [-0.05, 0) is 32.3 Å². The van der Waals surface area contributed by atoms with Crippen molar-refractivity contribution in [1.29, 1.82) is 0 Å². The molecule has 0 bridgehead atoms. The highest BCUT2D eigenvalue weighted by Gasteiger charge is 2.34. The van der Waals surface area contributed by atoms with Gasteiger partial charge in [0, 0.05) is 50.1 Å². The van der Waals surface area contributed by atoms with Crippen LogP contribution in [0.2, 0.25) is 0 Å². The van der Waals surface area contributed by atoms with E-state index < -0.39 is 0 Å². The maximum atomic E-state index is 5.63. The summed E-state index contributed by atoms with van der Waals surface area (Å²) in [6.07, 6.45) is 2.97. The fourth-order valence-electron chi connectivity index (χ4n) is 3.53. The Morgan fingerprint density at radius 3 is 2.56 bits per heavy atom. The number of aliphatic imine (C=N–C) groups is 1. The van der Waals surface area contributed by atoms with Gasteiger partial charge in [0.2, 0.25) is 0 Å². The van der Waals surface area contributed by atoms with E-state index in [1.165, 1.54) is 15.4 Å². The van der Waals surface area contributed by atoms with Crippen LogP contribution < -0.4 is 10.6 Å². The van der Waals surface area contributed by atoms with Gasteiger partial charge in [-0.25, -0.2) is 4.98 Å². The van der Waals surface area contributed by atoms with Crippen LogP contribution in [0, 0.1) is 13.8 Å². The predicted octanol–water partition coefficient (Wildman–Crippen LogP) is 3.22. The van der Waals surface area contributed by atoms with Gasteiger partial charge in [0.25, 0.3) is 0 Å². The molecule has 1 aromatic carbocycles. The van der Waals surface area contributed by atoms with Gasteiger partial charge in [0.1, 0.15) is 0 Å². The van der Waals surface area contributed by atoms with Crippen LogP contribution in [0.4, 0.5) is 0 Å². The van der Waals surface area contributed by atoms with Gasteiger partial charge >= 0.3 is 0 Å². The predicted molar refractivity (Wildman–Crippen MR) is 113 cm³/mol. The Hall–Kier alpha value is -1.92. The standard InChI is InChI=1S/C21H30N4OS/c1-16-17(2)27-19(25-16)9-12-23-20(22-3)24-15-21(10-13-26-14-11-21)18-7-5-4-6-8-18/h4-8H,9-15H2,1-3H3,(H2,22,23,24). The topological polar surface area (TPSA) is 58.5 Å². The molecule has 1 aliphatic rings. The first-order chi connectivity index (χ1) is 13.1. The van der Waals surface area contributed by atoms with E-state index in [9.17, 15) is 0 Å². The summed E-state index contributed by atoms with van der Waals surface area (Å²) in [4.78, 5) is 10.3. The van der Waals surface area contributed by atoms with Crippen LogP contribution in [0.1, 0.15) is 34.0 Å². The maximum absolute atomic E-state index is 5.63. The lowest BCUT2D eigenvalue weighted by Gasteiger charge is -2.38. The van der Waals surface area contributed by atoms with Crippen molar-refractivity contribution >= 4 is 17.3 Å². The summed E-state index contributed by atoms with van der Waals surface area (Å²) < 4.78 is 5.63. The molecule has 1 aromatic heterocycles. The maximum Gasteiger partial charge on any atom is 0.191 e. The van der Waals surface area contributed by atoms with E-state index in [0.29, 0.717) is 0 Å². The molecule has 2 heterocycles. The van der Waals surface area contributed by atoms with Crippen molar-refractivity contribution in [1.82, 2.24) is 15.6 Å². The Morgan fingerprint density at radius 2 is 1.93 bits per heavy atom. The molecule has 3 rings (SSSR count). The molecule has 0 atom stereocenters. The number of hydrogen-bond acceptors (Lipinski definition) is 4. The fraction of sp³-hybridized carbons (Fsp3) is 0.524. The van der Waals surface area contributed by atoms with Crippen molar-refractivity contribution in [3.8, 4) is 0 Å². The molecule has 2 aromatic rings. The summed E-state index contributed by atoms with van der Waals surface area (Å²) in [6, 6.07) is 10.8. The summed E-state index contributed by atoms with van der Waals surface area (Å²) in [6.45, 7) is 7.50. The number of guanidine groups is 1. The number of thiazole rings is 1. The van der Waals surface area contributed by atoms with Crippen LogP contribution in [0.15, 0.2) is 35.3 Å². The molecule has 1 saturated heterocycles. The number of aryl methyl sites for hydroxylation is 2. The van der Waals surface area contributed by atoms with Crippen molar-refractivity contribution in [3.63, 3.8) is 0 Å². The SMILES string of the molecule is CN=C(NCCc1nc(C)c(C)s1)NCC1(c2ccccc2)CCOCC1. The number of hydrogen-bond donors (Lipinski definition) is 2. The van der Waals surface area contributed by atoms with Crippen LogP contribution in [-0.4, -0.2) is 44.3 Å². The molecule has 1 aliphatic heterocycles. The number of aromatic nitrogens is 1. The van der Waals surface area contributed by atoms with Crippen LogP contribution in [0.3, 0.4) is 0 Å². The van der Waals surface area contributed by atoms with E-state index in [4.69, 9.17) is 4.74 Å². The molecule has 27 heavy (non-hydrogen) atoms. The molecule has 0 aliphatic carbocycles. The van der Waals surface area contributed by atoms with E-state index in [0.717, 1.165) is 57.2 Å². The van der Waals surface area contributed by atoms with E-state index in [1.54, 1.807) is 11.3 Å². The van der Waals surface area contributed by atoms with Crippen molar-refractivity contribution in [3.05, 3.63) is 51.5 Å². The highest BCUT2D eigenvalue weighted by atomic mass is 32.1. The molecule has 0 spiro atoms. The molecule has 0 radical (unpaired) electrons. The summed E-state index contributed by atoms with van der Waals surface area (Å²) in [7, 11) is 1.83. The van der Waals surface area contributed by atoms with Gasteiger partial charge in [-0.3, -0.25) is 4.99 Å². The minimum absolute atomic E-state index is 0.0979. The van der Waals surface area contributed by atoms with Gasteiger partial charge in [0.05, 0.1) is 10.7 Å². The first kappa shape index (κ1) is 19.8. The average molecular weight is 387 g/mol. The zero-order chi connectivity index (χ0) is 19.1. The lowest BCUT2D eigenvalue weighted by molar-refractivity contribution is 0.0514. The lowest BCUT2D eigenvalue weighted by Crippen LogP contribution is -2.48. The highest BCUT2D eigenvalue weighted by Crippen LogP contribution is 2.34. The second-order valence-electron chi connectivity index (χ2n) is 7.11. The zero-order valence-corrected chi connectivity index (χ0v) is 17.4. The molecule has 6 heteroatoms. The summed E-state index contributed by atoms with van der Waals surface area (Å²) >= 11 is 1.78. The minimum atomic E-state index is 0.0979. The number of ether oxygens (including phenoxy) is 1. The van der Waals surface area contributed by atoms with Gasteiger partial charge in [0.15, 0.2) is 5.96 Å². The third-order valence-corrected chi connectivity index (χ3v) is 6.49. The zero-order valence-electron chi connectivity index (χ0n) is 16.5. The largest absolute Gasteiger partial charge is 0.381 e. The Labute approximate surface area is 166 Å². The second-order valence-corrected chi connectivity index (χ2v) is 8.40. The molecule has 146 valence electrons. The number of nitrogens with one attached hydrogen (secondary N) is 2. The average Bonchev–Trinajstić information content (AvgIpc) is 3.03. The van der Waals surface area contributed by atoms with E-state index in [1.807, 2.05) is 7.05 Å². The Kier molecular flexibility index (Phi) is 6.85. The van der Waals surface area contributed by atoms with Crippen molar-refractivity contribution in [2.45, 2.75) is 38.5 Å². The highest BCUT2D eigenvalue weighted by molar-refractivity contribution is 7.11. The monoisotopic (exact) mass is 386 g/mol. The second kappa shape index (κ2) is 9.33. The molecular weight excluding hydrogens is 356 g/mol. The third-order valence-electron chi connectivity index (χ3n) is 5.36. The van der Waals surface area contributed by atoms with Crippen LogP contribution in [0.5, 0.6) is 0 Å². The fourth-order valence-corrected chi connectivity index (χ4v) is 4.46. The summed E-state index contributed by atoms with van der Waals surface area (Å²) in [5.74, 6) is 0.849. The van der Waals surface area contributed by atoms with E-state index in [-0.39, 0.29) is 5.41 Å². The molecule has 0 unspecified atom stereocenters. The van der Waals surface area contributed by atoms with Gasteiger partial charge in [-0.1, -0.05) is 30.3 Å². The third kappa shape index (κ3) is 5.08. The summed E-state index contributed by atoms with van der Waals surface area (Å²) in [5.41, 5.74) is 2.62. The van der Waals surface area contributed by atoms with Crippen LogP contribution in [-0.2, 0) is 16.6 Å². The van der Waals surface area contributed by atoms with Crippen molar-refractivity contribution in [2.24, 2.45) is 4.99 Å². The normalized spacial score (nSPS) is 16.9. The number of nitrogens with zero attached hydrogens (tertiary/aromatic N) is 2. The van der Waals surface area contributed by atoms with Gasteiger partial charge in [-0.15, -0.1) is 11.3 Å².